The van der Waals surface area contributed by atoms with Gasteiger partial charge in [-0.2, -0.15) is 5.26 Å². The second-order valence-electron chi connectivity index (χ2n) is 13.3. The summed E-state index contributed by atoms with van der Waals surface area (Å²) in [5.74, 6) is 0.424. The Morgan fingerprint density at radius 2 is 1.31 bits per heavy atom. The first-order valence-corrected chi connectivity index (χ1v) is 16.7. The predicted octanol–water partition coefficient (Wildman–Crippen LogP) is 11.6. The van der Waals surface area contributed by atoms with Gasteiger partial charge in [-0.1, -0.05) is 55.5 Å². The van der Waals surface area contributed by atoms with Gasteiger partial charge in [0, 0.05) is 49.6 Å². The quantitative estimate of drug-likeness (QED) is 0.191. The van der Waals surface area contributed by atoms with Crippen molar-refractivity contribution in [3.8, 4) is 17.4 Å². The summed E-state index contributed by atoms with van der Waals surface area (Å²) in [6.45, 7) is 2.28. The van der Waals surface area contributed by atoms with E-state index < -0.39 is 0 Å². The van der Waals surface area contributed by atoms with Crippen LogP contribution in [0, 0.1) is 17.2 Å². The maximum Gasteiger partial charge on any atom is 0.145 e. The van der Waals surface area contributed by atoms with E-state index in [4.69, 9.17) is 8.83 Å². The van der Waals surface area contributed by atoms with E-state index in [0.29, 0.717) is 11.5 Å². The number of fused-ring (bicyclic) bond motifs is 14. The third-order valence-electron chi connectivity index (χ3n) is 10.5. The Labute approximate surface area is 280 Å². The molecule has 49 heavy (non-hydrogen) atoms. The van der Waals surface area contributed by atoms with Crippen molar-refractivity contribution < 1.29 is 8.83 Å². The lowest BCUT2D eigenvalue weighted by Crippen LogP contribution is -2.08. The molecule has 1 atom stereocenters. The molecule has 0 aliphatic heterocycles. The Hall–Kier alpha value is -6.51. The second kappa shape index (κ2) is 9.53. The van der Waals surface area contributed by atoms with Gasteiger partial charge in [0.25, 0.3) is 0 Å². The number of rotatable bonds is 2. The van der Waals surface area contributed by atoms with E-state index in [1.165, 1.54) is 11.3 Å². The van der Waals surface area contributed by atoms with Crippen molar-refractivity contribution in [3.05, 3.63) is 138 Å². The van der Waals surface area contributed by atoms with E-state index in [2.05, 4.69) is 113 Å². The van der Waals surface area contributed by atoms with Gasteiger partial charge in [-0.25, -0.2) is 0 Å². The van der Waals surface area contributed by atoms with Crippen molar-refractivity contribution in [1.82, 2.24) is 9.13 Å². The van der Waals surface area contributed by atoms with Gasteiger partial charge in [0.1, 0.15) is 22.3 Å². The van der Waals surface area contributed by atoms with Crippen LogP contribution < -0.4 is 0 Å². The maximum atomic E-state index is 9.41. The van der Waals surface area contributed by atoms with E-state index in [1.807, 2.05) is 36.4 Å². The Kier molecular flexibility index (Phi) is 5.16. The molecule has 0 bridgehead atoms. The number of para-hydroxylation sites is 2. The Morgan fingerprint density at radius 1 is 0.612 bits per heavy atom. The molecule has 5 nitrogen and oxygen atoms in total. The van der Waals surface area contributed by atoms with Crippen LogP contribution in [-0.4, -0.2) is 9.13 Å². The summed E-state index contributed by atoms with van der Waals surface area (Å²) in [5.41, 5.74) is 12.2. The number of nitrogens with zero attached hydrogens (tertiary/aromatic N) is 3. The topological polar surface area (TPSA) is 59.9 Å². The second-order valence-corrected chi connectivity index (χ2v) is 13.3. The average molecular weight is 630 g/mol. The first-order chi connectivity index (χ1) is 24.2. The summed E-state index contributed by atoms with van der Waals surface area (Å²) in [7, 11) is 0. The van der Waals surface area contributed by atoms with Crippen LogP contribution in [0.2, 0.25) is 0 Å². The van der Waals surface area contributed by atoms with Gasteiger partial charge in [-0.3, -0.25) is 0 Å². The van der Waals surface area contributed by atoms with Gasteiger partial charge < -0.3 is 18.0 Å². The fraction of sp³-hybridized carbons (Fsp3) is 0.0682. The molecule has 1 aliphatic carbocycles. The molecule has 10 aromatic rings. The third kappa shape index (κ3) is 3.52. The van der Waals surface area contributed by atoms with Crippen molar-refractivity contribution >= 4 is 82.7 Å². The van der Waals surface area contributed by atoms with Crippen LogP contribution in [0.3, 0.4) is 0 Å². The summed E-state index contributed by atoms with van der Waals surface area (Å²) < 4.78 is 18.0. The monoisotopic (exact) mass is 629 g/mol. The van der Waals surface area contributed by atoms with Crippen molar-refractivity contribution in [2.45, 2.75) is 13.3 Å². The molecule has 0 radical (unpaired) electrons. The lowest BCUT2D eigenvalue weighted by Gasteiger charge is -2.17. The van der Waals surface area contributed by atoms with Crippen molar-refractivity contribution in [1.29, 1.82) is 5.26 Å². The molecule has 0 saturated carbocycles. The summed E-state index contributed by atoms with van der Waals surface area (Å²) in [4.78, 5) is 0. The highest BCUT2D eigenvalue weighted by molar-refractivity contribution is 6.26. The van der Waals surface area contributed by atoms with Crippen LogP contribution in [0.5, 0.6) is 0 Å². The molecule has 6 aromatic carbocycles. The smallest absolute Gasteiger partial charge is 0.145 e. The zero-order chi connectivity index (χ0) is 32.4. The predicted molar refractivity (Wildman–Crippen MR) is 199 cm³/mol. The molecule has 1 aliphatic rings. The molecule has 5 heteroatoms. The molecule has 0 N–H and O–H groups in total. The Morgan fingerprint density at radius 3 is 2.12 bits per heavy atom. The van der Waals surface area contributed by atoms with Crippen LogP contribution in [-0.2, 0) is 6.42 Å². The molecule has 4 heterocycles. The lowest BCUT2D eigenvalue weighted by atomic mass is 9.94. The normalized spacial score (nSPS) is 14.7. The van der Waals surface area contributed by atoms with E-state index in [9.17, 15) is 5.26 Å². The van der Waals surface area contributed by atoms with Crippen molar-refractivity contribution in [3.63, 3.8) is 0 Å². The minimum absolute atomic E-state index is 0.424. The van der Waals surface area contributed by atoms with E-state index in [1.54, 1.807) is 0 Å². The molecule has 0 spiro atoms. The SMILES string of the molecule is CC1C=Cc2c(n(-c3ccc4oc5ccccc5c4c3)c3ccc4c5ccc6c(c7ccccc7n6-c6ccc(C#N)cc6)c5oc4c23)C1. The summed E-state index contributed by atoms with van der Waals surface area (Å²) in [6.07, 6.45) is 5.56. The summed E-state index contributed by atoms with van der Waals surface area (Å²) in [5, 5.41) is 17.3. The van der Waals surface area contributed by atoms with Gasteiger partial charge in [0.05, 0.1) is 39.0 Å². The number of hydrogen-bond donors (Lipinski definition) is 0. The number of benzene rings is 6. The molecule has 0 amide bonds. The zero-order valence-electron chi connectivity index (χ0n) is 26.6. The van der Waals surface area contributed by atoms with Crippen LogP contribution in [0.15, 0.2) is 130 Å². The molecule has 0 saturated heterocycles. The molecular weight excluding hydrogens is 603 g/mol. The molecule has 230 valence electrons. The van der Waals surface area contributed by atoms with E-state index in [0.717, 1.165) is 94.4 Å². The molecule has 1 unspecified atom stereocenters. The van der Waals surface area contributed by atoms with Gasteiger partial charge >= 0.3 is 0 Å². The van der Waals surface area contributed by atoms with E-state index in [-0.39, 0.29) is 0 Å². The lowest BCUT2D eigenvalue weighted by molar-refractivity contribution is 0.668. The van der Waals surface area contributed by atoms with Crippen LogP contribution in [0.4, 0.5) is 0 Å². The highest BCUT2D eigenvalue weighted by Gasteiger charge is 2.26. The zero-order valence-corrected chi connectivity index (χ0v) is 26.6. The fourth-order valence-electron chi connectivity index (χ4n) is 8.32. The summed E-state index contributed by atoms with van der Waals surface area (Å²) in [6, 6.07) is 42.3. The first-order valence-electron chi connectivity index (χ1n) is 16.7. The van der Waals surface area contributed by atoms with Crippen molar-refractivity contribution in [2.75, 3.05) is 0 Å². The molecular formula is C44H27N3O2. The average Bonchev–Trinajstić information content (AvgIpc) is 3.88. The first kappa shape index (κ1) is 26.5. The summed E-state index contributed by atoms with van der Waals surface area (Å²) >= 11 is 0. The van der Waals surface area contributed by atoms with Crippen molar-refractivity contribution in [2.24, 2.45) is 5.92 Å². The van der Waals surface area contributed by atoms with Gasteiger partial charge in [-0.15, -0.1) is 0 Å². The molecule has 0 fully saturated rings. The largest absolute Gasteiger partial charge is 0.456 e. The third-order valence-corrected chi connectivity index (χ3v) is 10.5. The number of hydrogen-bond acceptors (Lipinski definition) is 3. The fourth-order valence-corrected chi connectivity index (χ4v) is 8.32. The number of allylic oxidation sites excluding steroid dienone is 1. The highest BCUT2D eigenvalue weighted by atomic mass is 16.3. The minimum Gasteiger partial charge on any atom is -0.456 e. The minimum atomic E-state index is 0.424. The van der Waals surface area contributed by atoms with Crippen LogP contribution in [0.1, 0.15) is 23.7 Å². The highest BCUT2D eigenvalue weighted by Crippen LogP contribution is 2.45. The molecule has 4 aromatic heterocycles. The van der Waals surface area contributed by atoms with Crippen LogP contribution >= 0.6 is 0 Å². The Balaban J connectivity index is 1.22. The standard InChI is InChI=1S/C44H27N3O2/c1-25-10-16-33-38(22-25)47(28-15-21-40-34(23-28)29-6-3-5-9-39(29)48-40)37-20-18-31-30-17-19-36-41(43(30)49-44(31)42(33)37)32-7-2-4-8-35(32)46(36)27-13-11-26(24-45)12-14-27/h2-21,23,25H,22H2,1H3. The van der Waals surface area contributed by atoms with Gasteiger partial charge in [0.2, 0.25) is 0 Å². The van der Waals surface area contributed by atoms with E-state index >= 15 is 0 Å². The molecule has 11 rings (SSSR count). The van der Waals surface area contributed by atoms with Gasteiger partial charge in [0.15, 0.2) is 0 Å². The number of nitriles is 1. The maximum absolute atomic E-state index is 9.41. The number of furan rings is 2. The van der Waals surface area contributed by atoms with Gasteiger partial charge in [-0.05, 0) is 91.2 Å². The number of aromatic nitrogens is 2. The Bertz CT molecular complexity index is 3100. The van der Waals surface area contributed by atoms with Crippen LogP contribution in [0.25, 0.3) is 94.0 Å².